The van der Waals surface area contributed by atoms with Gasteiger partial charge in [-0.2, -0.15) is 0 Å². The van der Waals surface area contributed by atoms with Crippen LogP contribution in [-0.4, -0.2) is 60.9 Å². The lowest BCUT2D eigenvalue weighted by Crippen LogP contribution is -2.50. The largest absolute Gasteiger partial charge is 0.325 e. The van der Waals surface area contributed by atoms with E-state index in [1.807, 2.05) is 49.4 Å². The summed E-state index contributed by atoms with van der Waals surface area (Å²) in [4.78, 5) is 29.1. The van der Waals surface area contributed by atoms with E-state index in [4.69, 9.17) is 0 Å². The SMILES string of the molecule is CCc1ccccc1NC(=O)CN1CCN(CC(=O)Nc2ccc(C)c(C)c2)CC1. The molecular formula is C24H32N4O2. The molecule has 0 radical (unpaired) electrons. The predicted octanol–water partition coefficient (Wildman–Crippen LogP) is 3.06. The second kappa shape index (κ2) is 10.4. The van der Waals surface area contributed by atoms with Crippen molar-refractivity contribution in [2.75, 3.05) is 49.9 Å². The summed E-state index contributed by atoms with van der Waals surface area (Å²) >= 11 is 0. The molecule has 0 bridgehead atoms. The maximum Gasteiger partial charge on any atom is 0.238 e. The first-order valence-electron chi connectivity index (χ1n) is 10.6. The number of aryl methyl sites for hydroxylation is 3. The van der Waals surface area contributed by atoms with Gasteiger partial charge in [-0.15, -0.1) is 0 Å². The van der Waals surface area contributed by atoms with Gasteiger partial charge in [0.15, 0.2) is 0 Å². The van der Waals surface area contributed by atoms with Crippen LogP contribution >= 0.6 is 0 Å². The first-order valence-corrected chi connectivity index (χ1v) is 10.6. The molecule has 30 heavy (non-hydrogen) atoms. The Bertz CT molecular complexity index is 889. The molecule has 2 aromatic rings. The van der Waals surface area contributed by atoms with Gasteiger partial charge in [0.2, 0.25) is 11.8 Å². The van der Waals surface area contributed by atoms with Crippen molar-refractivity contribution in [3.8, 4) is 0 Å². The zero-order valence-corrected chi connectivity index (χ0v) is 18.2. The van der Waals surface area contributed by atoms with Crippen molar-refractivity contribution < 1.29 is 9.59 Å². The van der Waals surface area contributed by atoms with Crippen LogP contribution in [0.1, 0.15) is 23.6 Å². The Hall–Kier alpha value is -2.70. The predicted molar refractivity (Wildman–Crippen MR) is 122 cm³/mol. The van der Waals surface area contributed by atoms with E-state index in [0.717, 1.165) is 49.5 Å². The minimum atomic E-state index is 0.000573. The van der Waals surface area contributed by atoms with Gasteiger partial charge in [-0.25, -0.2) is 0 Å². The molecule has 2 amide bonds. The minimum Gasteiger partial charge on any atom is -0.325 e. The van der Waals surface area contributed by atoms with Crippen LogP contribution in [0.3, 0.4) is 0 Å². The number of nitrogens with one attached hydrogen (secondary N) is 2. The maximum atomic E-state index is 12.4. The van der Waals surface area contributed by atoms with Gasteiger partial charge in [0, 0.05) is 37.6 Å². The summed E-state index contributed by atoms with van der Waals surface area (Å²) in [6.45, 7) is 10.0. The van der Waals surface area contributed by atoms with Crippen molar-refractivity contribution in [1.82, 2.24) is 9.80 Å². The average molecular weight is 409 g/mol. The van der Waals surface area contributed by atoms with Gasteiger partial charge in [-0.3, -0.25) is 19.4 Å². The molecule has 0 spiro atoms. The lowest BCUT2D eigenvalue weighted by atomic mass is 10.1. The number of piperazine rings is 1. The second-order valence-corrected chi connectivity index (χ2v) is 7.96. The molecule has 0 aliphatic carbocycles. The summed E-state index contributed by atoms with van der Waals surface area (Å²) in [5.41, 5.74) is 5.26. The minimum absolute atomic E-state index is 0.000573. The van der Waals surface area contributed by atoms with Crippen molar-refractivity contribution in [1.29, 1.82) is 0 Å². The van der Waals surface area contributed by atoms with Gasteiger partial charge < -0.3 is 10.6 Å². The van der Waals surface area contributed by atoms with Gasteiger partial charge in [-0.1, -0.05) is 31.2 Å². The second-order valence-electron chi connectivity index (χ2n) is 7.96. The highest BCUT2D eigenvalue weighted by Gasteiger charge is 2.21. The van der Waals surface area contributed by atoms with E-state index in [0.29, 0.717) is 13.1 Å². The van der Waals surface area contributed by atoms with Crippen molar-refractivity contribution >= 4 is 23.2 Å². The van der Waals surface area contributed by atoms with Crippen LogP contribution < -0.4 is 10.6 Å². The van der Waals surface area contributed by atoms with E-state index >= 15 is 0 Å². The summed E-state index contributed by atoms with van der Waals surface area (Å²) in [7, 11) is 0. The van der Waals surface area contributed by atoms with Crippen LogP contribution in [0.25, 0.3) is 0 Å². The van der Waals surface area contributed by atoms with Crippen molar-refractivity contribution in [3.05, 3.63) is 59.2 Å². The lowest BCUT2D eigenvalue weighted by molar-refractivity contribution is -0.120. The van der Waals surface area contributed by atoms with Crippen LogP contribution in [0.5, 0.6) is 0 Å². The number of nitrogens with zero attached hydrogens (tertiary/aromatic N) is 2. The van der Waals surface area contributed by atoms with Gasteiger partial charge in [-0.05, 0) is 55.2 Å². The fourth-order valence-corrected chi connectivity index (χ4v) is 3.67. The fraction of sp³-hybridized carbons (Fsp3) is 0.417. The molecule has 1 aliphatic heterocycles. The molecule has 0 aromatic heterocycles. The van der Waals surface area contributed by atoms with Crippen LogP contribution in [-0.2, 0) is 16.0 Å². The molecule has 3 rings (SSSR count). The highest BCUT2D eigenvalue weighted by Crippen LogP contribution is 2.16. The maximum absolute atomic E-state index is 12.4. The van der Waals surface area contributed by atoms with Gasteiger partial charge in [0.1, 0.15) is 0 Å². The highest BCUT2D eigenvalue weighted by atomic mass is 16.2. The zero-order chi connectivity index (χ0) is 21.5. The first-order chi connectivity index (χ1) is 14.4. The Morgan fingerprint density at radius 1 is 0.833 bits per heavy atom. The molecule has 1 heterocycles. The third-order valence-electron chi connectivity index (χ3n) is 5.66. The number of anilines is 2. The summed E-state index contributed by atoms with van der Waals surface area (Å²) in [6.07, 6.45) is 0.888. The standard InChI is InChI=1S/C24H32N4O2/c1-4-20-7-5-6-8-22(20)26-24(30)17-28-13-11-27(12-14-28)16-23(29)25-21-10-9-18(2)19(3)15-21/h5-10,15H,4,11-14,16-17H2,1-3H3,(H,25,29)(H,26,30). The quantitative estimate of drug-likeness (QED) is 0.739. The number of carbonyl (C=O) groups is 2. The summed E-state index contributed by atoms with van der Waals surface area (Å²) in [5, 5.41) is 6.01. The van der Waals surface area contributed by atoms with E-state index < -0.39 is 0 Å². The molecule has 160 valence electrons. The van der Waals surface area contributed by atoms with E-state index in [1.165, 1.54) is 11.1 Å². The van der Waals surface area contributed by atoms with Crippen LogP contribution in [0.2, 0.25) is 0 Å². The topological polar surface area (TPSA) is 64.7 Å². The number of benzene rings is 2. The van der Waals surface area contributed by atoms with E-state index in [2.05, 4.69) is 34.3 Å². The summed E-state index contributed by atoms with van der Waals surface area (Å²) in [6, 6.07) is 13.9. The molecule has 0 atom stereocenters. The first kappa shape index (κ1) is 22.0. The van der Waals surface area contributed by atoms with Crippen LogP contribution in [0.15, 0.2) is 42.5 Å². The molecule has 1 fully saturated rings. The third-order valence-corrected chi connectivity index (χ3v) is 5.66. The molecule has 1 aliphatic rings. The van der Waals surface area contributed by atoms with Gasteiger partial charge >= 0.3 is 0 Å². The molecule has 0 saturated carbocycles. The smallest absolute Gasteiger partial charge is 0.238 e. The number of hydrogen-bond acceptors (Lipinski definition) is 4. The van der Waals surface area contributed by atoms with Crippen LogP contribution in [0.4, 0.5) is 11.4 Å². The monoisotopic (exact) mass is 408 g/mol. The summed E-state index contributed by atoms with van der Waals surface area (Å²) in [5.74, 6) is 0.0115. The molecule has 0 unspecified atom stereocenters. The third kappa shape index (κ3) is 6.15. The molecule has 2 aromatic carbocycles. The van der Waals surface area contributed by atoms with E-state index in [9.17, 15) is 9.59 Å². The number of rotatable bonds is 7. The normalized spacial score (nSPS) is 15.0. The lowest BCUT2D eigenvalue weighted by Gasteiger charge is -2.33. The number of para-hydroxylation sites is 1. The highest BCUT2D eigenvalue weighted by molar-refractivity contribution is 5.93. The summed E-state index contributed by atoms with van der Waals surface area (Å²) < 4.78 is 0. The fourth-order valence-electron chi connectivity index (χ4n) is 3.67. The number of carbonyl (C=O) groups excluding carboxylic acids is 2. The number of hydrogen-bond donors (Lipinski definition) is 2. The van der Waals surface area contributed by atoms with Crippen molar-refractivity contribution in [3.63, 3.8) is 0 Å². The number of amides is 2. The Morgan fingerprint density at radius 2 is 1.43 bits per heavy atom. The molecule has 6 nitrogen and oxygen atoms in total. The Labute approximate surface area is 179 Å². The Morgan fingerprint density at radius 3 is 2.03 bits per heavy atom. The molecular weight excluding hydrogens is 376 g/mol. The Balaban J connectivity index is 1.41. The van der Waals surface area contributed by atoms with E-state index in [1.54, 1.807) is 0 Å². The average Bonchev–Trinajstić information content (AvgIpc) is 2.72. The van der Waals surface area contributed by atoms with Gasteiger partial charge in [0.05, 0.1) is 13.1 Å². The Kier molecular flexibility index (Phi) is 7.60. The van der Waals surface area contributed by atoms with Gasteiger partial charge in [0.25, 0.3) is 0 Å². The van der Waals surface area contributed by atoms with Crippen LogP contribution in [0, 0.1) is 13.8 Å². The van der Waals surface area contributed by atoms with Crippen molar-refractivity contribution in [2.24, 2.45) is 0 Å². The molecule has 1 saturated heterocycles. The molecule has 2 N–H and O–H groups in total. The molecule has 6 heteroatoms. The zero-order valence-electron chi connectivity index (χ0n) is 18.2. The van der Waals surface area contributed by atoms with E-state index in [-0.39, 0.29) is 11.8 Å². The van der Waals surface area contributed by atoms with Crippen molar-refractivity contribution in [2.45, 2.75) is 27.2 Å².